The van der Waals surface area contributed by atoms with Crippen LogP contribution >= 0.6 is 23.2 Å². The summed E-state index contributed by atoms with van der Waals surface area (Å²) in [4.78, 5) is 2.08. The molecule has 0 amide bonds. The van der Waals surface area contributed by atoms with Crippen molar-refractivity contribution in [3.8, 4) is 0 Å². The van der Waals surface area contributed by atoms with Crippen LogP contribution in [0.3, 0.4) is 0 Å². The normalized spacial score (nSPS) is 12.1. The van der Waals surface area contributed by atoms with Crippen LogP contribution in [0.4, 0.5) is 11.4 Å². The monoisotopic (exact) mass is 308 g/mol. The van der Waals surface area contributed by atoms with Crippen molar-refractivity contribution in [1.29, 1.82) is 0 Å². The van der Waals surface area contributed by atoms with Crippen molar-refractivity contribution in [3.05, 3.63) is 58.1 Å². The van der Waals surface area contributed by atoms with Gasteiger partial charge in [0.25, 0.3) is 0 Å². The Kier molecular flexibility index (Phi) is 4.79. The maximum atomic E-state index is 6.27. The van der Waals surface area contributed by atoms with Crippen LogP contribution in [0.2, 0.25) is 10.0 Å². The molecule has 1 unspecified atom stereocenters. The molecule has 0 saturated carbocycles. The van der Waals surface area contributed by atoms with Gasteiger partial charge < -0.3 is 10.2 Å². The number of benzene rings is 2. The van der Waals surface area contributed by atoms with E-state index in [9.17, 15) is 0 Å². The summed E-state index contributed by atoms with van der Waals surface area (Å²) in [6.45, 7) is 2.07. The zero-order chi connectivity index (χ0) is 14.7. The molecule has 0 bridgehead atoms. The predicted molar refractivity (Wildman–Crippen MR) is 89.3 cm³/mol. The Labute approximate surface area is 130 Å². The summed E-state index contributed by atoms with van der Waals surface area (Å²) in [6, 6.07) is 14.0. The molecule has 0 aliphatic rings. The number of rotatable bonds is 4. The lowest BCUT2D eigenvalue weighted by Crippen LogP contribution is -2.14. The van der Waals surface area contributed by atoms with Crippen LogP contribution in [0.1, 0.15) is 18.5 Å². The zero-order valence-corrected chi connectivity index (χ0v) is 13.3. The first kappa shape index (κ1) is 15.0. The molecule has 1 N–H and O–H groups in total. The van der Waals surface area contributed by atoms with E-state index in [1.54, 1.807) is 6.07 Å². The third-order valence-electron chi connectivity index (χ3n) is 3.21. The van der Waals surface area contributed by atoms with Crippen molar-refractivity contribution in [1.82, 2.24) is 0 Å². The summed E-state index contributed by atoms with van der Waals surface area (Å²) in [6.07, 6.45) is 0. The van der Waals surface area contributed by atoms with Gasteiger partial charge in [-0.3, -0.25) is 0 Å². The number of nitrogens with one attached hydrogen (secondary N) is 1. The molecule has 4 heteroatoms. The molecule has 2 aromatic rings. The topological polar surface area (TPSA) is 15.3 Å². The highest BCUT2D eigenvalue weighted by molar-refractivity contribution is 6.42. The number of para-hydroxylation sites is 2. The largest absolute Gasteiger partial charge is 0.377 e. The van der Waals surface area contributed by atoms with E-state index in [-0.39, 0.29) is 6.04 Å². The molecule has 0 heterocycles. The number of anilines is 2. The molecular formula is C16H18Cl2N2. The maximum Gasteiger partial charge on any atom is 0.0644 e. The van der Waals surface area contributed by atoms with Gasteiger partial charge in [-0.2, -0.15) is 0 Å². The van der Waals surface area contributed by atoms with E-state index in [0.29, 0.717) is 10.0 Å². The van der Waals surface area contributed by atoms with Crippen molar-refractivity contribution in [2.75, 3.05) is 24.3 Å². The average molecular weight is 309 g/mol. The van der Waals surface area contributed by atoms with Crippen molar-refractivity contribution < 1.29 is 0 Å². The molecule has 0 aliphatic heterocycles. The van der Waals surface area contributed by atoms with E-state index < -0.39 is 0 Å². The summed E-state index contributed by atoms with van der Waals surface area (Å²) < 4.78 is 0. The molecule has 0 saturated heterocycles. The first-order chi connectivity index (χ1) is 9.50. The fraction of sp³-hybridized carbons (Fsp3) is 0.250. The quantitative estimate of drug-likeness (QED) is 0.831. The predicted octanol–water partition coefficient (Wildman–Crippen LogP) is 5.23. The van der Waals surface area contributed by atoms with E-state index in [4.69, 9.17) is 23.2 Å². The lowest BCUT2D eigenvalue weighted by Gasteiger charge is -2.22. The molecule has 0 aliphatic carbocycles. The second-order valence-electron chi connectivity index (χ2n) is 4.92. The zero-order valence-electron chi connectivity index (χ0n) is 11.8. The van der Waals surface area contributed by atoms with Crippen molar-refractivity contribution >= 4 is 34.6 Å². The Morgan fingerprint density at radius 1 is 1.00 bits per heavy atom. The molecular weight excluding hydrogens is 291 g/mol. The van der Waals surface area contributed by atoms with Gasteiger partial charge in [-0.15, -0.1) is 0 Å². The number of halogens is 2. The fourth-order valence-electron chi connectivity index (χ4n) is 2.15. The van der Waals surface area contributed by atoms with Gasteiger partial charge in [0.15, 0.2) is 0 Å². The summed E-state index contributed by atoms with van der Waals surface area (Å²) in [5.74, 6) is 0. The minimum Gasteiger partial charge on any atom is -0.377 e. The van der Waals surface area contributed by atoms with Gasteiger partial charge in [0.1, 0.15) is 0 Å². The molecule has 106 valence electrons. The lowest BCUT2D eigenvalue weighted by atomic mass is 10.1. The molecule has 2 aromatic carbocycles. The van der Waals surface area contributed by atoms with Gasteiger partial charge in [0, 0.05) is 14.1 Å². The Morgan fingerprint density at radius 3 is 2.40 bits per heavy atom. The highest BCUT2D eigenvalue weighted by Crippen LogP contribution is 2.33. The van der Waals surface area contributed by atoms with Gasteiger partial charge in [0.05, 0.1) is 27.5 Å². The smallest absolute Gasteiger partial charge is 0.0644 e. The molecule has 1 atom stereocenters. The summed E-state index contributed by atoms with van der Waals surface area (Å²) in [5.41, 5.74) is 3.20. The van der Waals surface area contributed by atoms with E-state index in [0.717, 1.165) is 16.9 Å². The number of nitrogens with zero attached hydrogens (tertiary/aromatic N) is 1. The molecule has 0 radical (unpaired) electrons. The van der Waals surface area contributed by atoms with Gasteiger partial charge in [-0.05, 0) is 30.7 Å². The molecule has 20 heavy (non-hydrogen) atoms. The van der Waals surface area contributed by atoms with Gasteiger partial charge >= 0.3 is 0 Å². The van der Waals surface area contributed by atoms with Gasteiger partial charge in [-0.1, -0.05) is 47.5 Å². The SMILES string of the molecule is CC(Nc1ccccc1N(C)C)c1cccc(Cl)c1Cl. The first-order valence-electron chi connectivity index (χ1n) is 6.47. The van der Waals surface area contributed by atoms with Gasteiger partial charge in [-0.25, -0.2) is 0 Å². The Morgan fingerprint density at radius 2 is 1.70 bits per heavy atom. The maximum absolute atomic E-state index is 6.27. The number of hydrogen-bond donors (Lipinski definition) is 1. The molecule has 0 fully saturated rings. The minimum atomic E-state index is 0.0716. The van der Waals surface area contributed by atoms with Crippen molar-refractivity contribution in [2.24, 2.45) is 0 Å². The third kappa shape index (κ3) is 3.20. The minimum absolute atomic E-state index is 0.0716. The van der Waals surface area contributed by atoms with Crippen LogP contribution in [0.25, 0.3) is 0 Å². The molecule has 2 nitrogen and oxygen atoms in total. The highest BCUT2D eigenvalue weighted by Gasteiger charge is 2.13. The van der Waals surface area contributed by atoms with Crippen LogP contribution in [-0.2, 0) is 0 Å². The summed E-state index contributed by atoms with van der Waals surface area (Å²) in [7, 11) is 4.05. The molecule has 2 rings (SSSR count). The number of hydrogen-bond acceptors (Lipinski definition) is 2. The van der Waals surface area contributed by atoms with Gasteiger partial charge in [0.2, 0.25) is 0 Å². The van der Waals surface area contributed by atoms with Crippen molar-refractivity contribution in [3.63, 3.8) is 0 Å². The lowest BCUT2D eigenvalue weighted by molar-refractivity contribution is 0.883. The standard InChI is InChI=1S/C16H18Cl2N2/c1-11(12-7-6-8-13(17)16(12)18)19-14-9-4-5-10-15(14)20(2)3/h4-11,19H,1-3H3. The third-order valence-corrected chi connectivity index (χ3v) is 4.04. The van der Waals surface area contributed by atoms with E-state index in [1.807, 2.05) is 38.4 Å². The molecule has 0 spiro atoms. The fourth-order valence-corrected chi connectivity index (χ4v) is 2.62. The molecule has 0 aromatic heterocycles. The Hall–Kier alpha value is -1.38. The Bertz CT molecular complexity index is 597. The van der Waals surface area contributed by atoms with E-state index in [1.165, 1.54) is 0 Å². The van der Waals surface area contributed by atoms with E-state index >= 15 is 0 Å². The van der Waals surface area contributed by atoms with E-state index in [2.05, 4.69) is 29.3 Å². The van der Waals surface area contributed by atoms with Crippen LogP contribution in [-0.4, -0.2) is 14.1 Å². The summed E-state index contributed by atoms with van der Waals surface area (Å²) >= 11 is 12.3. The second-order valence-corrected chi connectivity index (χ2v) is 5.71. The highest BCUT2D eigenvalue weighted by atomic mass is 35.5. The second kappa shape index (κ2) is 6.38. The van der Waals surface area contributed by atoms with Crippen molar-refractivity contribution in [2.45, 2.75) is 13.0 Å². The van der Waals surface area contributed by atoms with Crippen LogP contribution in [0, 0.1) is 0 Å². The summed E-state index contributed by atoms with van der Waals surface area (Å²) in [5, 5.41) is 4.68. The Balaban J connectivity index is 2.28. The first-order valence-corrected chi connectivity index (χ1v) is 7.23. The van der Waals surface area contributed by atoms with Crippen LogP contribution < -0.4 is 10.2 Å². The van der Waals surface area contributed by atoms with Crippen LogP contribution in [0.15, 0.2) is 42.5 Å². The average Bonchev–Trinajstić information content (AvgIpc) is 2.42. The van der Waals surface area contributed by atoms with Crippen LogP contribution in [0.5, 0.6) is 0 Å².